The fourth-order valence-corrected chi connectivity index (χ4v) is 6.83. The molecule has 0 heterocycles. The molecule has 9 nitrogen and oxygen atoms in total. The zero-order valence-electron chi connectivity index (χ0n) is 25.3. The second-order valence-electron chi connectivity index (χ2n) is 10.8. The van der Waals surface area contributed by atoms with Crippen LogP contribution in [0.25, 0.3) is 0 Å². The monoisotopic (exact) mass is 607 g/mol. The summed E-state index contributed by atoms with van der Waals surface area (Å²) in [6, 6.07) is 19.7. The third-order valence-electron chi connectivity index (χ3n) is 7.84. The smallest absolute Gasteiger partial charge is 0.264 e. The van der Waals surface area contributed by atoms with E-state index in [-0.39, 0.29) is 29.1 Å². The molecule has 43 heavy (non-hydrogen) atoms. The van der Waals surface area contributed by atoms with Crippen molar-refractivity contribution in [2.75, 3.05) is 25.1 Å². The van der Waals surface area contributed by atoms with E-state index in [0.717, 1.165) is 41.1 Å². The molecule has 1 N–H and O–H groups in total. The summed E-state index contributed by atoms with van der Waals surface area (Å²) >= 11 is 0. The van der Waals surface area contributed by atoms with E-state index in [9.17, 15) is 18.0 Å². The zero-order valence-corrected chi connectivity index (χ0v) is 26.1. The first kappa shape index (κ1) is 31.9. The van der Waals surface area contributed by atoms with Crippen LogP contribution in [-0.4, -0.2) is 58.0 Å². The fraction of sp³-hybridized carbons (Fsp3) is 0.394. The van der Waals surface area contributed by atoms with E-state index >= 15 is 0 Å². The molecule has 3 aromatic rings. The lowest BCUT2D eigenvalue weighted by atomic mass is 10.1. The number of carbonyl (C=O) groups excluding carboxylic acids is 2. The first-order valence-corrected chi connectivity index (χ1v) is 16.1. The number of sulfonamides is 1. The average Bonchev–Trinajstić information content (AvgIpc) is 3.53. The first-order valence-electron chi connectivity index (χ1n) is 14.6. The standard InChI is InChI=1S/C33H41N3O6S/c1-5-29(33(38)34-26-10-6-7-11-26)35(22-25-16-14-24(2)15-17-25)32(37)23-36(30-12-8-9-13-31(30)42-4)43(39,40)28-20-18-27(41-3)19-21-28/h8-9,12-21,26,29H,5-7,10-11,22-23H2,1-4H3,(H,34,38). The molecule has 0 spiro atoms. The molecule has 0 saturated heterocycles. The molecule has 230 valence electrons. The second kappa shape index (κ2) is 14.4. The van der Waals surface area contributed by atoms with Crippen LogP contribution in [0.3, 0.4) is 0 Å². The molecule has 0 radical (unpaired) electrons. The van der Waals surface area contributed by atoms with Crippen molar-refractivity contribution in [1.29, 1.82) is 0 Å². The van der Waals surface area contributed by atoms with E-state index in [0.29, 0.717) is 17.9 Å². The lowest BCUT2D eigenvalue weighted by molar-refractivity contribution is -0.140. The number of nitrogens with zero attached hydrogens (tertiary/aromatic N) is 2. The molecule has 1 fully saturated rings. The third kappa shape index (κ3) is 7.67. The predicted molar refractivity (Wildman–Crippen MR) is 167 cm³/mol. The Kier molecular flexibility index (Phi) is 10.7. The molecule has 3 aromatic carbocycles. The third-order valence-corrected chi connectivity index (χ3v) is 9.62. The maximum atomic E-state index is 14.3. The predicted octanol–water partition coefficient (Wildman–Crippen LogP) is 5.07. The van der Waals surface area contributed by atoms with Crippen molar-refractivity contribution >= 4 is 27.5 Å². The Morgan fingerprint density at radius 1 is 0.930 bits per heavy atom. The summed E-state index contributed by atoms with van der Waals surface area (Å²) in [4.78, 5) is 29.4. The largest absolute Gasteiger partial charge is 0.497 e. The molecule has 0 aliphatic heterocycles. The Balaban J connectivity index is 1.74. The van der Waals surface area contributed by atoms with Gasteiger partial charge in [-0.3, -0.25) is 13.9 Å². The molecule has 0 aromatic heterocycles. The van der Waals surface area contributed by atoms with Crippen molar-refractivity contribution in [1.82, 2.24) is 10.2 Å². The number of nitrogens with one attached hydrogen (secondary N) is 1. The molecule has 10 heteroatoms. The number of para-hydroxylation sites is 2. The lowest BCUT2D eigenvalue weighted by Crippen LogP contribution is -2.53. The summed E-state index contributed by atoms with van der Waals surface area (Å²) < 4.78 is 40.0. The van der Waals surface area contributed by atoms with Crippen LogP contribution in [0.2, 0.25) is 0 Å². The van der Waals surface area contributed by atoms with Crippen molar-refractivity contribution in [3.63, 3.8) is 0 Å². The highest BCUT2D eigenvalue weighted by Gasteiger charge is 2.35. The Bertz CT molecular complexity index is 1490. The number of aryl methyl sites for hydroxylation is 1. The van der Waals surface area contributed by atoms with E-state index in [4.69, 9.17) is 9.47 Å². The van der Waals surface area contributed by atoms with E-state index in [1.165, 1.54) is 31.3 Å². The van der Waals surface area contributed by atoms with Crippen LogP contribution in [0.15, 0.2) is 77.7 Å². The minimum absolute atomic E-state index is 0.0110. The molecule has 0 bridgehead atoms. The van der Waals surface area contributed by atoms with Gasteiger partial charge in [0.05, 0.1) is 24.8 Å². The van der Waals surface area contributed by atoms with Gasteiger partial charge in [-0.1, -0.05) is 61.7 Å². The summed E-state index contributed by atoms with van der Waals surface area (Å²) in [6.07, 6.45) is 4.32. The lowest BCUT2D eigenvalue weighted by Gasteiger charge is -2.34. The van der Waals surface area contributed by atoms with Crippen LogP contribution in [0, 0.1) is 6.92 Å². The minimum atomic E-state index is -4.24. The highest BCUT2D eigenvalue weighted by atomic mass is 32.2. The van der Waals surface area contributed by atoms with Gasteiger partial charge in [-0.25, -0.2) is 8.42 Å². The summed E-state index contributed by atoms with van der Waals surface area (Å²) in [7, 11) is -1.29. The Labute approximate surface area is 254 Å². The Morgan fingerprint density at radius 3 is 2.19 bits per heavy atom. The van der Waals surface area contributed by atoms with Crippen molar-refractivity contribution in [3.05, 3.63) is 83.9 Å². The Hall–Kier alpha value is -4.05. The molecule has 2 amide bonds. The van der Waals surface area contributed by atoms with Gasteiger partial charge >= 0.3 is 0 Å². The number of anilines is 1. The number of methoxy groups -OCH3 is 2. The number of hydrogen-bond donors (Lipinski definition) is 1. The van der Waals surface area contributed by atoms with Gasteiger partial charge in [0.1, 0.15) is 24.1 Å². The molecule has 1 unspecified atom stereocenters. The molecule has 1 atom stereocenters. The number of amides is 2. The quantitative estimate of drug-likeness (QED) is 0.291. The zero-order chi connectivity index (χ0) is 31.0. The van der Waals surface area contributed by atoms with Gasteiger partial charge in [-0.2, -0.15) is 0 Å². The number of benzene rings is 3. The summed E-state index contributed by atoms with van der Waals surface area (Å²) in [6.45, 7) is 3.46. The van der Waals surface area contributed by atoms with Crippen molar-refractivity contribution in [2.24, 2.45) is 0 Å². The summed E-state index contributed by atoms with van der Waals surface area (Å²) in [5.74, 6) is 0.0689. The second-order valence-corrected chi connectivity index (χ2v) is 12.6. The van der Waals surface area contributed by atoms with Gasteiger partial charge in [-0.15, -0.1) is 0 Å². The van der Waals surface area contributed by atoms with Gasteiger partial charge in [0.15, 0.2) is 0 Å². The van der Waals surface area contributed by atoms with E-state index in [1.54, 1.807) is 36.4 Å². The average molecular weight is 608 g/mol. The molecular formula is C33H41N3O6S. The fourth-order valence-electron chi connectivity index (χ4n) is 5.40. The van der Waals surface area contributed by atoms with E-state index < -0.39 is 28.5 Å². The summed E-state index contributed by atoms with van der Waals surface area (Å²) in [5.41, 5.74) is 2.13. The number of rotatable bonds is 13. The van der Waals surface area contributed by atoms with Gasteiger partial charge in [0, 0.05) is 12.6 Å². The van der Waals surface area contributed by atoms with Crippen LogP contribution in [0.4, 0.5) is 5.69 Å². The van der Waals surface area contributed by atoms with Crippen molar-refractivity contribution < 1.29 is 27.5 Å². The number of carbonyl (C=O) groups is 2. The van der Waals surface area contributed by atoms with E-state index in [1.807, 2.05) is 38.1 Å². The topological polar surface area (TPSA) is 105 Å². The van der Waals surface area contributed by atoms with E-state index in [2.05, 4.69) is 5.32 Å². The maximum Gasteiger partial charge on any atom is 0.264 e. The van der Waals surface area contributed by atoms with Gasteiger partial charge < -0.3 is 19.7 Å². The summed E-state index contributed by atoms with van der Waals surface area (Å²) in [5, 5.41) is 3.13. The maximum absolute atomic E-state index is 14.3. The van der Waals surface area contributed by atoms with Crippen LogP contribution < -0.4 is 19.1 Å². The van der Waals surface area contributed by atoms with Crippen molar-refractivity contribution in [2.45, 2.75) is 69.5 Å². The van der Waals surface area contributed by atoms with Crippen LogP contribution >= 0.6 is 0 Å². The molecule has 4 rings (SSSR count). The Morgan fingerprint density at radius 2 is 1.58 bits per heavy atom. The highest BCUT2D eigenvalue weighted by Crippen LogP contribution is 2.33. The minimum Gasteiger partial charge on any atom is -0.497 e. The van der Waals surface area contributed by atoms with Gasteiger partial charge in [-0.05, 0) is 68.1 Å². The number of ether oxygens (including phenoxy) is 2. The van der Waals surface area contributed by atoms with Crippen LogP contribution in [-0.2, 0) is 26.2 Å². The normalized spacial score (nSPS) is 14.1. The SMILES string of the molecule is CCC(C(=O)NC1CCCC1)N(Cc1ccc(C)cc1)C(=O)CN(c1ccccc1OC)S(=O)(=O)c1ccc(OC)cc1. The van der Waals surface area contributed by atoms with Gasteiger partial charge in [0.25, 0.3) is 10.0 Å². The highest BCUT2D eigenvalue weighted by molar-refractivity contribution is 7.92. The molecule has 1 saturated carbocycles. The molecular weight excluding hydrogens is 566 g/mol. The molecule has 1 aliphatic carbocycles. The number of hydrogen-bond acceptors (Lipinski definition) is 6. The van der Waals surface area contributed by atoms with Crippen molar-refractivity contribution in [3.8, 4) is 11.5 Å². The van der Waals surface area contributed by atoms with Crippen LogP contribution in [0.1, 0.15) is 50.2 Å². The van der Waals surface area contributed by atoms with Gasteiger partial charge in [0.2, 0.25) is 11.8 Å². The van der Waals surface area contributed by atoms with Crippen LogP contribution in [0.5, 0.6) is 11.5 Å². The molecule has 1 aliphatic rings. The first-order chi connectivity index (χ1) is 20.7.